The topological polar surface area (TPSA) is 58.6 Å². The molecule has 0 aromatic carbocycles. The van der Waals surface area contributed by atoms with Crippen LogP contribution < -0.4 is 5.32 Å². The summed E-state index contributed by atoms with van der Waals surface area (Å²) < 4.78 is 5.25. The van der Waals surface area contributed by atoms with Gasteiger partial charge in [0.25, 0.3) is 0 Å². The van der Waals surface area contributed by atoms with Gasteiger partial charge in [0, 0.05) is 19.5 Å². The van der Waals surface area contributed by atoms with Gasteiger partial charge < -0.3 is 15.0 Å². The van der Waals surface area contributed by atoms with E-state index in [0.717, 1.165) is 6.42 Å². The number of rotatable bonds is 4. The number of morpholine rings is 1. The van der Waals surface area contributed by atoms with Crippen LogP contribution in [0.3, 0.4) is 0 Å². The molecule has 1 aliphatic rings. The Kier molecular flexibility index (Phi) is 5.25. The highest BCUT2D eigenvalue weighted by Gasteiger charge is 2.31. The summed E-state index contributed by atoms with van der Waals surface area (Å²) in [5.74, 6) is -0.0753. The van der Waals surface area contributed by atoms with E-state index in [9.17, 15) is 9.59 Å². The molecule has 16 heavy (non-hydrogen) atoms. The van der Waals surface area contributed by atoms with Crippen molar-refractivity contribution in [3.8, 4) is 0 Å². The minimum Gasteiger partial charge on any atom is -0.377 e. The van der Waals surface area contributed by atoms with E-state index in [4.69, 9.17) is 4.74 Å². The molecular weight excluding hydrogens is 208 g/mol. The largest absolute Gasteiger partial charge is 0.377 e. The fraction of sp³-hybridized carbons (Fsp3) is 0.818. The van der Waals surface area contributed by atoms with Crippen LogP contribution in [-0.4, -0.2) is 49.1 Å². The number of carbonyl (C=O) groups excluding carboxylic acids is 2. The fourth-order valence-electron chi connectivity index (χ4n) is 1.77. The molecule has 0 spiro atoms. The first-order valence-electron chi connectivity index (χ1n) is 5.85. The molecule has 1 rings (SSSR count). The number of likely N-dealkylation sites (N-methyl/N-ethyl adjacent to an activating group) is 1. The van der Waals surface area contributed by atoms with E-state index < -0.39 is 6.04 Å². The van der Waals surface area contributed by atoms with Crippen LogP contribution in [0, 0.1) is 0 Å². The SMILES string of the molecule is CCCC(=O)N1CCOCC1C(=O)NCC. The Morgan fingerprint density at radius 2 is 2.19 bits per heavy atom. The van der Waals surface area contributed by atoms with Gasteiger partial charge in [-0.05, 0) is 13.3 Å². The van der Waals surface area contributed by atoms with Crippen LogP contribution in [0.15, 0.2) is 0 Å². The number of ether oxygens (including phenoxy) is 1. The highest BCUT2D eigenvalue weighted by molar-refractivity contribution is 5.87. The summed E-state index contributed by atoms with van der Waals surface area (Å²) in [5, 5.41) is 2.73. The first-order chi connectivity index (χ1) is 7.70. The Balaban J connectivity index is 2.63. The maximum atomic E-state index is 11.8. The predicted molar refractivity (Wildman–Crippen MR) is 59.9 cm³/mol. The molecule has 5 heteroatoms. The van der Waals surface area contributed by atoms with E-state index in [2.05, 4.69) is 5.32 Å². The zero-order valence-electron chi connectivity index (χ0n) is 9.99. The minimum atomic E-state index is -0.451. The second-order valence-corrected chi connectivity index (χ2v) is 3.82. The third-order valence-electron chi connectivity index (χ3n) is 2.57. The number of carbonyl (C=O) groups is 2. The first kappa shape index (κ1) is 13.0. The van der Waals surface area contributed by atoms with Crippen LogP contribution in [0.1, 0.15) is 26.7 Å². The number of nitrogens with zero attached hydrogens (tertiary/aromatic N) is 1. The smallest absolute Gasteiger partial charge is 0.245 e. The Hall–Kier alpha value is -1.10. The lowest BCUT2D eigenvalue weighted by molar-refractivity contribution is -0.148. The zero-order valence-corrected chi connectivity index (χ0v) is 9.99. The summed E-state index contributed by atoms with van der Waals surface area (Å²) >= 11 is 0. The van der Waals surface area contributed by atoms with Crippen molar-refractivity contribution < 1.29 is 14.3 Å². The molecule has 92 valence electrons. The van der Waals surface area contributed by atoms with E-state index in [1.165, 1.54) is 0 Å². The normalized spacial score (nSPS) is 20.6. The third-order valence-corrected chi connectivity index (χ3v) is 2.57. The predicted octanol–water partition coefficient (Wildman–Crippen LogP) is 0.150. The number of nitrogens with one attached hydrogen (secondary N) is 1. The van der Waals surface area contributed by atoms with Crippen LogP contribution >= 0.6 is 0 Å². The van der Waals surface area contributed by atoms with E-state index >= 15 is 0 Å². The molecule has 2 amide bonds. The summed E-state index contributed by atoms with van der Waals surface area (Å²) in [4.78, 5) is 25.2. The summed E-state index contributed by atoms with van der Waals surface area (Å²) in [6.45, 7) is 5.73. The first-order valence-corrected chi connectivity index (χ1v) is 5.85. The van der Waals surface area contributed by atoms with Gasteiger partial charge in [-0.3, -0.25) is 9.59 Å². The van der Waals surface area contributed by atoms with Crippen molar-refractivity contribution in [1.82, 2.24) is 10.2 Å². The highest BCUT2D eigenvalue weighted by Crippen LogP contribution is 2.10. The maximum absolute atomic E-state index is 11.8. The van der Waals surface area contributed by atoms with E-state index in [0.29, 0.717) is 32.7 Å². The molecule has 0 bridgehead atoms. The molecule has 0 radical (unpaired) electrons. The van der Waals surface area contributed by atoms with Gasteiger partial charge >= 0.3 is 0 Å². The Bertz CT molecular complexity index is 230. The molecule has 0 aliphatic carbocycles. The molecule has 1 heterocycles. The van der Waals surface area contributed by atoms with Crippen LogP contribution in [0.25, 0.3) is 0 Å². The molecular formula is C11H20N2O3. The van der Waals surface area contributed by atoms with E-state index in [1.54, 1.807) is 4.90 Å². The number of hydrogen-bond acceptors (Lipinski definition) is 3. The molecule has 1 fully saturated rings. The Labute approximate surface area is 96.1 Å². The highest BCUT2D eigenvalue weighted by atomic mass is 16.5. The number of hydrogen-bond donors (Lipinski definition) is 1. The van der Waals surface area contributed by atoms with Crippen LogP contribution in [0.4, 0.5) is 0 Å². The number of amides is 2. The average Bonchev–Trinajstić information content (AvgIpc) is 2.30. The van der Waals surface area contributed by atoms with Gasteiger partial charge in [-0.15, -0.1) is 0 Å². The van der Waals surface area contributed by atoms with Gasteiger partial charge in [-0.2, -0.15) is 0 Å². The van der Waals surface area contributed by atoms with Gasteiger partial charge in [0.15, 0.2) is 0 Å². The molecule has 1 saturated heterocycles. The lowest BCUT2D eigenvalue weighted by atomic mass is 10.2. The lowest BCUT2D eigenvalue weighted by Crippen LogP contribution is -2.55. The van der Waals surface area contributed by atoms with Crippen molar-refractivity contribution in [2.24, 2.45) is 0 Å². The third kappa shape index (κ3) is 3.20. The monoisotopic (exact) mass is 228 g/mol. The van der Waals surface area contributed by atoms with Crippen LogP contribution in [0.5, 0.6) is 0 Å². The lowest BCUT2D eigenvalue weighted by Gasteiger charge is -2.34. The quantitative estimate of drug-likeness (QED) is 0.745. The van der Waals surface area contributed by atoms with Crippen molar-refractivity contribution in [3.63, 3.8) is 0 Å². The maximum Gasteiger partial charge on any atom is 0.245 e. The molecule has 0 saturated carbocycles. The molecule has 1 atom stereocenters. The molecule has 0 aromatic rings. The van der Waals surface area contributed by atoms with Crippen LogP contribution in [0.2, 0.25) is 0 Å². The van der Waals surface area contributed by atoms with Crippen molar-refractivity contribution in [2.45, 2.75) is 32.7 Å². The Morgan fingerprint density at radius 1 is 1.44 bits per heavy atom. The van der Waals surface area contributed by atoms with Crippen molar-refractivity contribution >= 4 is 11.8 Å². The van der Waals surface area contributed by atoms with Gasteiger partial charge in [0.2, 0.25) is 11.8 Å². The Morgan fingerprint density at radius 3 is 2.81 bits per heavy atom. The molecule has 0 aromatic heterocycles. The van der Waals surface area contributed by atoms with Gasteiger partial charge in [0.1, 0.15) is 6.04 Å². The standard InChI is InChI=1S/C11H20N2O3/c1-3-5-10(14)13-6-7-16-8-9(13)11(15)12-4-2/h9H,3-8H2,1-2H3,(H,12,15). The van der Waals surface area contributed by atoms with Gasteiger partial charge in [-0.25, -0.2) is 0 Å². The summed E-state index contributed by atoms with van der Waals surface area (Å²) in [6, 6.07) is -0.451. The second kappa shape index (κ2) is 6.48. The molecule has 5 nitrogen and oxygen atoms in total. The fourth-order valence-corrected chi connectivity index (χ4v) is 1.77. The second-order valence-electron chi connectivity index (χ2n) is 3.82. The minimum absolute atomic E-state index is 0.0436. The molecule has 1 N–H and O–H groups in total. The average molecular weight is 228 g/mol. The summed E-state index contributed by atoms with van der Waals surface area (Å²) in [5.41, 5.74) is 0. The zero-order chi connectivity index (χ0) is 12.0. The van der Waals surface area contributed by atoms with E-state index in [1.807, 2.05) is 13.8 Å². The van der Waals surface area contributed by atoms with E-state index in [-0.39, 0.29) is 11.8 Å². The van der Waals surface area contributed by atoms with Crippen molar-refractivity contribution in [3.05, 3.63) is 0 Å². The van der Waals surface area contributed by atoms with Crippen LogP contribution in [-0.2, 0) is 14.3 Å². The summed E-state index contributed by atoms with van der Waals surface area (Å²) in [7, 11) is 0. The van der Waals surface area contributed by atoms with Gasteiger partial charge in [0.05, 0.1) is 13.2 Å². The molecule has 1 aliphatic heterocycles. The molecule has 1 unspecified atom stereocenters. The van der Waals surface area contributed by atoms with Crippen molar-refractivity contribution in [2.75, 3.05) is 26.3 Å². The van der Waals surface area contributed by atoms with Crippen molar-refractivity contribution in [1.29, 1.82) is 0 Å². The van der Waals surface area contributed by atoms with Gasteiger partial charge in [-0.1, -0.05) is 6.92 Å². The summed E-state index contributed by atoms with van der Waals surface area (Å²) in [6.07, 6.45) is 1.30.